The van der Waals surface area contributed by atoms with Crippen molar-refractivity contribution in [2.75, 3.05) is 5.32 Å². The van der Waals surface area contributed by atoms with Gasteiger partial charge in [0, 0.05) is 6.42 Å². The lowest BCUT2D eigenvalue weighted by molar-refractivity contribution is -0.117. The first-order valence-electron chi connectivity index (χ1n) is 6.77. The number of benzene rings is 1. The molecule has 1 amide bonds. The lowest BCUT2D eigenvalue weighted by atomic mass is 9.84. The van der Waals surface area contributed by atoms with E-state index in [9.17, 15) is 9.90 Å². The standard InChI is InChI=1S/C16H25NO2/c1-11-6-7-13(14(18)8-11)17-15(19)9-12(2)10-16(3,4)5/h6-8,12,18H,9-10H2,1-5H3,(H,17,19). The molecule has 3 heteroatoms. The summed E-state index contributed by atoms with van der Waals surface area (Å²) in [4.78, 5) is 11.9. The van der Waals surface area contributed by atoms with E-state index in [-0.39, 0.29) is 17.1 Å². The van der Waals surface area contributed by atoms with Crippen molar-refractivity contribution in [3.63, 3.8) is 0 Å². The summed E-state index contributed by atoms with van der Waals surface area (Å²) >= 11 is 0. The Morgan fingerprint density at radius 2 is 2.00 bits per heavy atom. The number of anilines is 1. The fourth-order valence-electron chi connectivity index (χ4n) is 2.38. The van der Waals surface area contributed by atoms with Crippen molar-refractivity contribution in [2.45, 2.75) is 47.5 Å². The Kier molecular flexibility index (Phi) is 4.98. The van der Waals surface area contributed by atoms with Crippen LogP contribution in [0.4, 0.5) is 5.69 Å². The monoisotopic (exact) mass is 263 g/mol. The number of rotatable bonds is 4. The van der Waals surface area contributed by atoms with Crippen LogP contribution in [0.1, 0.15) is 46.1 Å². The van der Waals surface area contributed by atoms with Gasteiger partial charge < -0.3 is 10.4 Å². The molecule has 0 spiro atoms. The van der Waals surface area contributed by atoms with Gasteiger partial charge in [-0.05, 0) is 42.4 Å². The number of aryl methyl sites for hydroxylation is 1. The van der Waals surface area contributed by atoms with E-state index in [0.29, 0.717) is 18.0 Å². The number of hydrogen-bond acceptors (Lipinski definition) is 2. The van der Waals surface area contributed by atoms with Crippen molar-refractivity contribution in [3.8, 4) is 5.75 Å². The Morgan fingerprint density at radius 3 is 2.53 bits per heavy atom. The third-order valence-corrected chi connectivity index (χ3v) is 2.92. The second kappa shape index (κ2) is 6.09. The molecule has 0 saturated carbocycles. The molecule has 0 aliphatic rings. The highest BCUT2D eigenvalue weighted by molar-refractivity contribution is 5.92. The van der Waals surface area contributed by atoms with Gasteiger partial charge in [-0.3, -0.25) is 4.79 Å². The first-order valence-corrected chi connectivity index (χ1v) is 6.77. The minimum atomic E-state index is -0.0455. The maximum atomic E-state index is 11.9. The van der Waals surface area contributed by atoms with Gasteiger partial charge in [-0.25, -0.2) is 0 Å². The molecule has 1 rings (SSSR count). The molecule has 3 nitrogen and oxygen atoms in total. The van der Waals surface area contributed by atoms with Gasteiger partial charge in [-0.1, -0.05) is 33.8 Å². The molecule has 0 bridgehead atoms. The molecular formula is C16H25NO2. The largest absolute Gasteiger partial charge is 0.506 e. The van der Waals surface area contributed by atoms with Crippen molar-refractivity contribution >= 4 is 11.6 Å². The SMILES string of the molecule is Cc1ccc(NC(=O)CC(C)CC(C)(C)C)c(O)c1. The van der Waals surface area contributed by atoms with E-state index >= 15 is 0 Å². The number of aromatic hydroxyl groups is 1. The summed E-state index contributed by atoms with van der Waals surface area (Å²) in [5.74, 6) is 0.403. The Hall–Kier alpha value is -1.51. The lowest BCUT2D eigenvalue weighted by Crippen LogP contribution is -2.18. The maximum absolute atomic E-state index is 11.9. The number of nitrogens with one attached hydrogen (secondary N) is 1. The molecule has 1 aromatic rings. The number of phenolic OH excluding ortho intramolecular Hbond substituents is 1. The smallest absolute Gasteiger partial charge is 0.224 e. The average molecular weight is 263 g/mol. The molecule has 2 N–H and O–H groups in total. The van der Waals surface area contributed by atoms with E-state index in [0.717, 1.165) is 12.0 Å². The summed E-state index contributed by atoms with van der Waals surface area (Å²) in [6.45, 7) is 10.5. The van der Waals surface area contributed by atoms with Crippen molar-refractivity contribution in [3.05, 3.63) is 23.8 Å². The number of amides is 1. The third-order valence-electron chi connectivity index (χ3n) is 2.92. The van der Waals surface area contributed by atoms with E-state index in [1.165, 1.54) is 0 Å². The van der Waals surface area contributed by atoms with Crippen LogP contribution in [0.15, 0.2) is 18.2 Å². The number of phenols is 1. The number of carbonyl (C=O) groups excluding carboxylic acids is 1. The summed E-state index contributed by atoms with van der Waals surface area (Å²) in [7, 11) is 0. The fourth-order valence-corrected chi connectivity index (χ4v) is 2.38. The van der Waals surface area contributed by atoms with Gasteiger partial charge in [0.15, 0.2) is 0 Å². The van der Waals surface area contributed by atoms with Crippen LogP contribution in [0, 0.1) is 18.3 Å². The van der Waals surface area contributed by atoms with Gasteiger partial charge in [-0.15, -0.1) is 0 Å². The van der Waals surface area contributed by atoms with Gasteiger partial charge >= 0.3 is 0 Å². The molecule has 106 valence electrons. The van der Waals surface area contributed by atoms with Gasteiger partial charge in [0.1, 0.15) is 5.75 Å². The van der Waals surface area contributed by atoms with Crippen molar-refractivity contribution in [1.29, 1.82) is 0 Å². The van der Waals surface area contributed by atoms with Gasteiger partial charge in [0.05, 0.1) is 5.69 Å². The highest BCUT2D eigenvalue weighted by Crippen LogP contribution is 2.27. The highest BCUT2D eigenvalue weighted by atomic mass is 16.3. The quantitative estimate of drug-likeness (QED) is 0.803. The molecule has 0 aliphatic carbocycles. The third kappa shape index (κ3) is 5.77. The fraction of sp³-hybridized carbons (Fsp3) is 0.562. The zero-order valence-corrected chi connectivity index (χ0v) is 12.6. The predicted molar refractivity (Wildman–Crippen MR) is 79.3 cm³/mol. The zero-order valence-electron chi connectivity index (χ0n) is 12.6. The molecule has 0 aromatic heterocycles. The Labute approximate surface area is 116 Å². The van der Waals surface area contributed by atoms with E-state index in [1.807, 2.05) is 13.0 Å². The van der Waals surface area contributed by atoms with E-state index in [4.69, 9.17) is 0 Å². The minimum Gasteiger partial charge on any atom is -0.506 e. The normalized spacial score (nSPS) is 13.1. The molecule has 0 fully saturated rings. The molecule has 0 aliphatic heterocycles. The Bertz CT molecular complexity index is 447. The molecule has 1 atom stereocenters. The summed E-state index contributed by atoms with van der Waals surface area (Å²) in [5, 5.41) is 12.5. The molecule has 0 heterocycles. The van der Waals surface area contributed by atoms with Crippen molar-refractivity contribution in [1.82, 2.24) is 0 Å². The van der Waals surface area contributed by atoms with Crippen LogP contribution >= 0.6 is 0 Å². The van der Waals surface area contributed by atoms with Crippen LogP contribution in [-0.2, 0) is 4.79 Å². The van der Waals surface area contributed by atoms with Gasteiger partial charge in [0.25, 0.3) is 0 Å². The Balaban J connectivity index is 2.56. The van der Waals surface area contributed by atoms with Crippen molar-refractivity contribution in [2.24, 2.45) is 11.3 Å². The summed E-state index contributed by atoms with van der Waals surface area (Å²) in [6.07, 6.45) is 1.48. The summed E-state index contributed by atoms with van der Waals surface area (Å²) in [5.41, 5.74) is 1.68. The topological polar surface area (TPSA) is 49.3 Å². The minimum absolute atomic E-state index is 0.0455. The van der Waals surface area contributed by atoms with E-state index < -0.39 is 0 Å². The van der Waals surface area contributed by atoms with E-state index in [1.54, 1.807) is 12.1 Å². The van der Waals surface area contributed by atoms with Crippen LogP contribution < -0.4 is 5.32 Å². The molecule has 0 saturated heterocycles. The van der Waals surface area contributed by atoms with Gasteiger partial charge in [-0.2, -0.15) is 0 Å². The number of hydrogen-bond donors (Lipinski definition) is 2. The molecular weight excluding hydrogens is 238 g/mol. The maximum Gasteiger partial charge on any atom is 0.224 e. The zero-order chi connectivity index (χ0) is 14.6. The van der Waals surface area contributed by atoms with Crippen LogP contribution in [0.3, 0.4) is 0 Å². The van der Waals surface area contributed by atoms with Crippen LogP contribution in [0.25, 0.3) is 0 Å². The first kappa shape index (κ1) is 15.5. The van der Waals surface area contributed by atoms with Crippen LogP contribution in [0.5, 0.6) is 5.75 Å². The Morgan fingerprint density at radius 1 is 1.37 bits per heavy atom. The predicted octanol–water partition coefficient (Wildman–Crippen LogP) is 4.10. The van der Waals surface area contributed by atoms with Crippen LogP contribution in [-0.4, -0.2) is 11.0 Å². The number of carbonyl (C=O) groups is 1. The lowest BCUT2D eigenvalue weighted by Gasteiger charge is -2.22. The second-order valence-electron chi connectivity index (χ2n) is 6.64. The average Bonchev–Trinajstić information content (AvgIpc) is 2.19. The van der Waals surface area contributed by atoms with Crippen molar-refractivity contribution < 1.29 is 9.90 Å². The molecule has 19 heavy (non-hydrogen) atoms. The first-order chi connectivity index (χ1) is 8.67. The molecule has 1 unspecified atom stereocenters. The molecule has 1 aromatic carbocycles. The molecule has 0 radical (unpaired) electrons. The van der Waals surface area contributed by atoms with Crippen LogP contribution in [0.2, 0.25) is 0 Å². The summed E-state index contributed by atoms with van der Waals surface area (Å²) in [6, 6.07) is 5.25. The summed E-state index contributed by atoms with van der Waals surface area (Å²) < 4.78 is 0. The second-order valence-corrected chi connectivity index (χ2v) is 6.64. The van der Waals surface area contributed by atoms with Gasteiger partial charge in [0.2, 0.25) is 5.91 Å². The van der Waals surface area contributed by atoms with E-state index in [2.05, 4.69) is 33.0 Å². The highest BCUT2D eigenvalue weighted by Gasteiger charge is 2.18.